The minimum absolute atomic E-state index is 0. The molecule has 1 aromatic heterocycles. The molecule has 1 heterocycles. The Bertz CT molecular complexity index is 523. The third-order valence-electron chi connectivity index (χ3n) is 1.75. The van der Waals surface area contributed by atoms with Gasteiger partial charge in [-0.05, 0) is 32.8 Å². The number of methoxy groups -OCH3 is 1. The van der Waals surface area contributed by atoms with Gasteiger partial charge in [-0.3, -0.25) is 0 Å². The van der Waals surface area contributed by atoms with E-state index in [1.165, 1.54) is 20.7 Å². The second kappa shape index (κ2) is 5.97. The lowest BCUT2D eigenvalue weighted by atomic mass is 10.3. The number of nitrogens with zero attached hydrogens (tertiary/aromatic N) is 1. The Morgan fingerprint density at radius 2 is 2.06 bits per heavy atom. The first-order valence-electron chi connectivity index (χ1n) is 4.25. The Kier molecular flexibility index (Phi) is 4.91. The minimum Gasteiger partial charge on any atom is -1.00 e. The molecule has 0 bridgehead atoms. The molecule has 0 atom stereocenters. The summed E-state index contributed by atoms with van der Waals surface area (Å²) in [5.41, 5.74) is 6.38. The van der Waals surface area contributed by atoms with Gasteiger partial charge in [0.1, 0.15) is 0 Å². The molecule has 2 rings (SSSR count). The molecular weight excluding hydrogens is 310 g/mol. The van der Waals surface area contributed by atoms with Crippen LogP contribution in [0.5, 0.6) is 5.75 Å². The van der Waals surface area contributed by atoms with Gasteiger partial charge >= 0.3 is 4.80 Å². The Morgan fingerprint density at radius 3 is 2.69 bits per heavy atom. The van der Waals surface area contributed by atoms with Gasteiger partial charge in [-0.15, -0.1) is 0 Å². The van der Waals surface area contributed by atoms with Crippen molar-refractivity contribution in [3.63, 3.8) is 0 Å². The number of aromatic nitrogens is 1. The van der Waals surface area contributed by atoms with Crippen molar-refractivity contribution in [3.8, 4) is 5.75 Å². The fraction of sp³-hybridized carbons (Fsp3) is 0.111. The van der Waals surface area contributed by atoms with Crippen LogP contribution in [0, 0.1) is 0 Å². The molecule has 0 saturated carbocycles. The number of rotatable bonds is 2. The number of ether oxygens (including phenoxy) is 1. The molecule has 0 spiro atoms. The normalized spacial score (nSPS) is 10.9. The van der Waals surface area contributed by atoms with E-state index in [0.717, 1.165) is 16.2 Å². The number of aromatic amines is 1. The quantitative estimate of drug-likeness (QED) is 0.681. The molecule has 7 heteroatoms. The summed E-state index contributed by atoms with van der Waals surface area (Å²) in [6.07, 6.45) is 0. The first-order valence-corrected chi connectivity index (χ1v) is 6.40. The van der Waals surface area contributed by atoms with Crippen molar-refractivity contribution in [2.24, 2.45) is 4.99 Å². The summed E-state index contributed by atoms with van der Waals surface area (Å²) in [5, 5.41) is 0.661. The highest BCUT2D eigenvalue weighted by Gasteiger charge is 2.04. The summed E-state index contributed by atoms with van der Waals surface area (Å²) in [6.45, 7) is 0. The largest absolute Gasteiger partial charge is 1.00 e. The predicted octanol–water partition coefficient (Wildman–Crippen LogP) is -1.55. The summed E-state index contributed by atoms with van der Waals surface area (Å²) in [7, 11) is 4.60. The number of para-hydroxylation sites is 2. The van der Waals surface area contributed by atoms with Gasteiger partial charge in [0, 0.05) is 0 Å². The second-order valence-electron chi connectivity index (χ2n) is 2.74. The van der Waals surface area contributed by atoms with Crippen molar-refractivity contribution in [1.29, 1.82) is 0 Å². The number of nitrogen functional groups attached to an aromatic ring is 1. The number of benzene rings is 1. The van der Waals surface area contributed by atoms with Crippen LogP contribution in [0.4, 0.5) is 10.8 Å². The van der Waals surface area contributed by atoms with E-state index < -0.39 is 0 Å². The zero-order valence-electron chi connectivity index (χ0n) is 8.44. The van der Waals surface area contributed by atoms with E-state index in [0.29, 0.717) is 5.13 Å². The van der Waals surface area contributed by atoms with Crippen molar-refractivity contribution in [1.82, 2.24) is 0 Å². The van der Waals surface area contributed by atoms with Crippen LogP contribution in [0.2, 0.25) is 0 Å². The maximum Gasteiger partial charge on any atom is 0.330 e. The van der Waals surface area contributed by atoms with E-state index in [4.69, 9.17) is 10.5 Å². The molecule has 0 aliphatic carbocycles. The van der Waals surface area contributed by atoms with E-state index in [-0.39, 0.29) is 17.0 Å². The highest BCUT2D eigenvalue weighted by molar-refractivity contribution is 7.69. The van der Waals surface area contributed by atoms with Gasteiger partial charge in [0.2, 0.25) is 0 Å². The summed E-state index contributed by atoms with van der Waals surface area (Å²) in [4.78, 5) is 8.15. The van der Waals surface area contributed by atoms with E-state index in [2.05, 4.69) is 9.98 Å². The lowest BCUT2D eigenvalue weighted by molar-refractivity contribution is -0.371. The molecule has 0 aliphatic rings. The Morgan fingerprint density at radius 1 is 1.31 bits per heavy atom. The molecule has 86 valence electrons. The molecule has 0 amide bonds. The number of nitrogens with two attached hydrogens (primary N) is 1. The van der Waals surface area contributed by atoms with Crippen molar-refractivity contribution in [3.05, 3.63) is 29.1 Å². The lowest BCUT2D eigenvalue weighted by Crippen LogP contribution is -3.00. The lowest BCUT2D eigenvalue weighted by Gasteiger charge is -1.98. The first-order chi connectivity index (χ1) is 7.29. The Hall–Kier alpha value is -0.920. The molecule has 2 aromatic rings. The van der Waals surface area contributed by atoms with Gasteiger partial charge in [-0.25, -0.2) is 4.98 Å². The minimum atomic E-state index is 0. The second-order valence-corrected chi connectivity index (χ2v) is 4.90. The molecule has 0 aliphatic heterocycles. The number of halogens is 1. The average molecular weight is 320 g/mol. The maximum absolute atomic E-state index is 5.58. The van der Waals surface area contributed by atoms with Crippen molar-refractivity contribution in [2.45, 2.75) is 0 Å². The molecule has 4 nitrogen and oxygen atoms in total. The fourth-order valence-corrected chi connectivity index (χ4v) is 2.64. The molecule has 1 aromatic carbocycles. The summed E-state index contributed by atoms with van der Waals surface area (Å²) >= 11 is 0. The molecule has 0 radical (unpaired) electrons. The number of anilines is 1. The fourth-order valence-electron chi connectivity index (χ4n) is 1.11. The van der Waals surface area contributed by atoms with E-state index in [1.807, 2.05) is 24.3 Å². The Balaban J connectivity index is 0.00000128. The highest BCUT2D eigenvalue weighted by Crippen LogP contribution is 2.25. The SMILES string of the molecule is COc1ccccc1N=c1[nH+]c(N)ss1.[Br-]. The van der Waals surface area contributed by atoms with Crippen molar-refractivity contribution in [2.75, 3.05) is 12.8 Å². The smallest absolute Gasteiger partial charge is 0.330 e. The summed E-state index contributed by atoms with van der Waals surface area (Å²) in [6, 6.07) is 7.60. The summed E-state index contributed by atoms with van der Waals surface area (Å²) < 4.78 is 5.19. The van der Waals surface area contributed by atoms with Gasteiger partial charge in [-0.2, -0.15) is 0 Å². The molecule has 0 saturated heterocycles. The standard InChI is InChI=1S/C9H9N3OS2.BrH/c1-13-7-5-3-2-4-6(7)11-9-12-8(10)14-15-9;/h2-5H,1H3,(H2,10,11,12);1H. The first kappa shape index (κ1) is 13.1. The monoisotopic (exact) mass is 319 g/mol. The van der Waals surface area contributed by atoms with Gasteiger partial charge in [0.05, 0.1) is 7.11 Å². The summed E-state index contributed by atoms with van der Waals surface area (Å²) in [5.74, 6) is 0.753. The van der Waals surface area contributed by atoms with Crippen molar-refractivity contribution >= 4 is 31.5 Å². The van der Waals surface area contributed by atoms with Crippen LogP contribution >= 0.6 is 20.7 Å². The van der Waals surface area contributed by atoms with Crippen LogP contribution in [0.25, 0.3) is 0 Å². The molecule has 3 N–H and O–H groups in total. The van der Waals surface area contributed by atoms with E-state index in [9.17, 15) is 0 Å². The average Bonchev–Trinajstić information content (AvgIpc) is 2.65. The third-order valence-corrected chi connectivity index (χ3v) is 3.73. The van der Waals surface area contributed by atoms with Gasteiger partial charge in [-0.1, -0.05) is 17.1 Å². The van der Waals surface area contributed by atoms with Crippen LogP contribution < -0.4 is 37.2 Å². The zero-order valence-corrected chi connectivity index (χ0v) is 11.7. The van der Waals surface area contributed by atoms with Gasteiger partial charge < -0.3 is 27.5 Å². The highest BCUT2D eigenvalue weighted by atomic mass is 79.9. The Labute approximate surface area is 111 Å². The number of nitrogens with one attached hydrogen (secondary N) is 1. The third kappa shape index (κ3) is 3.03. The number of hydrogen-bond acceptors (Lipinski definition) is 5. The molecule has 16 heavy (non-hydrogen) atoms. The molecule has 0 fully saturated rings. The topological polar surface area (TPSA) is 61.8 Å². The van der Waals surface area contributed by atoms with E-state index in [1.54, 1.807) is 7.11 Å². The van der Waals surface area contributed by atoms with Crippen LogP contribution in [0.3, 0.4) is 0 Å². The predicted molar refractivity (Wildman–Crippen MR) is 61.4 cm³/mol. The van der Waals surface area contributed by atoms with Crippen LogP contribution in [-0.4, -0.2) is 7.11 Å². The van der Waals surface area contributed by atoms with E-state index >= 15 is 0 Å². The van der Waals surface area contributed by atoms with Gasteiger partial charge in [0.15, 0.2) is 11.4 Å². The van der Waals surface area contributed by atoms with Crippen molar-refractivity contribution < 1.29 is 26.7 Å². The zero-order chi connectivity index (χ0) is 10.7. The van der Waals surface area contributed by atoms with Crippen LogP contribution in [0.15, 0.2) is 29.3 Å². The number of hydrogen-bond donors (Lipinski definition) is 1. The number of H-pyrrole nitrogens is 1. The molecule has 0 unspecified atom stereocenters. The molecular formula is C9H10BrN3OS2. The van der Waals surface area contributed by atoms with Gasteiger partial charge in [0.25, 0.3) is 5.13 Å². The van der Waals surface area contributed by atoms with Crippen LogP contribution in [0.1, 0.15) is 0 Å². The maximum atomic E-state index is 5.58. The van der Waals surface area contributed by atoms with Crippen LogP contribution in [-0.2, 0) is 0 Å².